The fraction of sp³-hybridized carbons (Fsp3) is 0.786. The average molecular weight is 292 g/mol. The Morgan fingerprint density at radius 3 is 3.00 bits per heavy atom. The average Bonchev–Trinajstić information content (AvgIpc) is 2.94. The Kier molecular flexibility index (Phi) is 3.29. The third-order valence-electron chi connectivity index (χ3n) is 4.47. The van der Waals surface area contributed by atoms with Crippen LogP contribution in [0.15, 0.2) is 6.20 Å². The molecule has 1 saturated carbocycles. The molecule has 7 heteroatoms. The molecule has 3 fully saturated rings. The Bertz CT molecular complexity index is 522. The van der Waals surface area contributed by atoms with E-state index in [0.717, 1.165) is 25.1 Å². The molecule has 1 aliphatic carbocycles. The van der Waals surface area contributed by atoms with Crippen LogP contribution in [0.3, 0.4) is 0 Å². The number of carbonyl (C=O) groups excluding carboxylic acids is 1. The second kappa shape index (κ2) is 5.29. The molecule has 0 bridgehead atoms. The number of rotatable bonds is 3. The molecular weight excluding hydrogens is 272 g/mol. The SMILES string of the molecule is O=C(O[C@@H]1CCOC1)N1CC[C@@H](n2cc(C3CC3)nn2)C1. The first-order chi connectivity index (χ1) is 10.3. The van der Waals surface area contributed by atoms with Crippen LogP contribution in [-0.4, -0.2) is 58.4 Å². The fourth-order valence-corrected chi connectivity index (χ4v) is 2.98. The second-order valence-corrected chi connectivity index (χ2v) is 6.16. The van der Waals surface area contributed by atoms with E-state index in [-0.39, 0.29) is 18.2 Å². The molecule has 114 valence electrons. The van der Waals surface area contributed by atoms with Gasteiger partial charge in [-0.1, -0.05) is 5.21 Å². The zero-order valence-electron chi connectivity index (χ0n) is 12.0. The summed E-state index contributed by atoms with van der Waals surface area (Å²) in [5.41, 5.74) is 1.10. The van der Waals surface area contributed by atoms with Gasteiger partial charge in [-0.15, -0.1) is 5.10 Å². The molecule has 0 N–H and O–H groups in total. The van der Waals surface area contributed by atoms with Crippen molar-refractivity contribution in [3.8, 4) is 0 Å². The van der Waals surface area contributed by atoms with Crippen LogP contribution in [0.4, 0.5) is 4.79 Å². The summed E-state index contributed by atoms with van der Waals surface area (Å²) in [7, 11) is 0. The van der Waals surface area contributed by atoms with Crippen molar-refractivity contribution in [3.05, 3.63) is 11.9 Å². The summed E-state index contributed by atoms with van der Waals surface area (Å²) in [5.74, 6) is 0.614. The minimum absolute atomic E-state index is 0.0793. The molecule has 3 aliphatic rings. The lowest BCUT2D eigenvalue weighted by Gasteiger charge is -2.18. The first kappa shape index (κ1) is 13.1. The molecule has 1 aromatic rings. The van der Waals surface area contributed by atoms with Crippen LogP contribution >= 0.6 is 0 Å². The quantitative estimate of drug-likeness (QED) is 0.840. The van der Waals surface area contributed by atoms with E-state index in [1.54, 1.807) is 4.90 Å². The maximum Gasteiger partial charge on any atom is 0.410 e. The molecule has 21 heavy (non-hydrogen) atoms. The monoisotopic (exact) mass is 292 g/mol. The van der Waals surface area contributed by atoms with Gasteiger partial charge in [-0.05, 0) is 19.3 Å². The Labute approximate surface area is 123 Å². The van der Waals surface area contributed by atoms with Gasteiger partial charge in [0.15, 0.2) is 0 Å². The number of aromatic nitrogens is 3. The highest BCUT2D eigenvalue weighted by atomic mass is 16.6. The Morgan fingerprint density at radius 2 is 2.24 bits per heavy atom. The van der Waals surface area contributed by atoms with Crippen LogP contribution in [0.5, 0.6) is 0 Å². The number of hydrogen-bond donors (Lipinski definition) is 0. The Morgan fingerprint density at radius 1 is 1.33 bits per heavy atom. The van der Waals surface area contributed by atoms with Crippen molar-refractivity contribution in [3.63, 3.8) is 0 Å². The molecule has 4 rings (SSSR count). The highest BCUT2D eigenvalue weighted by Crippen LogP contribution is 2.39. The van der Waals surface area contributed by atoms with E-state index in [1.165, 1.54) is 12.8 Å². The number of ether oxygens (including phenoxy) is 2. The van der Waals surface area contributed by atoms with Crippen LogP contribution in [0, 0.1) is 0 Å². The molecule has 2 saturated heterocycles. The van der Waals surface area contributed by atoms with E-state index < -0.39 is 0 Å². The summed E-state index contributed by atoms with van der Waals surface area (Å²) < 4.78 is 12.6. The molecule has 3 heterocycles. The lowest BCUT2D eigenvalue weighted by Crippen LogP contribution is -2.33. The van der Waals surface area contributed by atoms with E-state index in [9.17, 15) is 4.79 Å². The maximum absolute atomic E-state index is 12.1. The lowest BCUT2D eigenvalue weighted by molar-refractivity contribution is 0.0589. The van der Waals surface area contributed by atoms with Crippen molar-refractivity contribution in [2.75, 3.05) is 26.3 Å². The molecule has 2 atom stereocenters. The number of nitrogens with zero attached hydrogens (tertiary/aromatic N) is 4. The maximum atomic E-state index is 12.1. The Balaban J connectivity index is 1.33. The summed E-state index contributed by atoms with van der Waals surface area (Å²) >= 11 is 0. The van der Waals surface area contributed by atoms with E-state index in [2.05, 4.69) is 10.3 Å². The summed E-state index contributed by atoms with van der Waals surface area (Å²) in [6.07, 6.45) is 5.90. The highest BCUT2D eigenvalue weighted by Gasteiger charge is 2.33. The normalized spacial score (nSPS) is 29.0. The highest BCUT2D eigenvalue weighted by molar-refractivity contribution is 5.68. The Hall–Kier alpha value is -1.63. The first-order valence-electron chi connectivity index (χ1n) is 7.74. The predicted octanol–water partition coefficient (Wildman–Crippen LogP) is 1.33. The minimum Gasteiger partial charge on any atom is -0.444 e. The molecule has 1 aromatic heterocycles. The smallest absolute Gasteiger partial charge is 0.410 e. The van der Waals surface area contributed by atoms with Crippen molar-refractivity contribution in [2.24, 2.45) is 0 Å². The van der Waals surface area contributed by atoms with Crippen LogP contribution in [0.1, 0.15) is 43.3 Å². The molecular formula is C14H20N4O3. The van der Waals surface area contributed by atoms with Crippen molar-refractivity contribution < 1.29 is 14.3 Å². The molecule has 2 aliphatic heterocycles. The fourth-order valence-electron chi connectivity index (χ4n) is 2.98. The third kappa shape index (κ3) is 2.74. The van der Waals surface area contributed by atoms with Crippen LogP contribution in [-0.2, 0) is 9.47 Å². The van der Waals surface area contributed by atoms with Gasteiger partial charge in [0.25, 0.3) is 0 Å². The largest absolute Gasteiger partial charge is 0.444 e. The number of likely N-dealkylation sites (tertiary alicyclic amines) is 1. The van der Waals surface area contributed by atoms with Gasteiger partial charge in [0.05, 0.1) is 24.9 Å². The molecule has 0 unspecified atom stereocenters. The molecule has 0 radical (unpaired) electrons. The summed E-state index contributed by atoms with van der Waals surface area (Å²) in [6, 6.07) is 0.220. The number of amides is 1. The van der Waals surface area contributed by atoms with Gasteiger partial charge < -0.3 is 14.4 Å². The summed E-state index contributed by atoms with van der Waals surface area (Å²) in [4.78, 5) is 13.9. The van der Waals surface area contributed by atoms with E-state index in [0.29, 0.717) is 25.7 Å². The van der Waals surface area contributed by atoms with Crippen molar-refractivity contribution >= 4 is 6.09 Å². The van der Waals surface area contributed by atoms with Crippen LogP contribution in [0.25, 0.3) is 0 Å². The second-order valence-electron chi connectivity index (χ2n) is 6.16. The first-order valence-corrected chi connectivity index (χ1v) is 7.74. The minimum atomic E-state index is -0.226. The summed E-state index contributed by atoms with van der Waals surface area (Å²) in [5, 5.41) is 8.46. The molecule has 0 aromatic carbocycles. The molecule has 7 nitrogen and oxygen atoms in total. The van der Waals surface area contributed by atoms with Gasteiger partial charge in [0.1, 0.15) is 6.10 Å². The number of carbonyl (C=O) groups is 1. The van der Waals surface area contributed by atoms with Crippen LogP contribution < -0.4 is 0 Å². The topological polar surface area (TPSA) is 69.5 Å². The van der Waals surface area contributed by atoms with Crippen molar-refractivity contribution in [2.45, 2.75) is 43.7 Å². The zero-order valence-corrected chi connectivity index (χ0v) is 12.0. The molecule has 0 spiro atoms. The van der Waals surface area contributed by atoms with Gasteiger partial charge in [0, 0.05) is 31.6 Å². The van der Waals surface area contributed by atoms with Crippen molar-refractivity contribution in [1.29, 1.82) is 0 Å². The molecule has 1 amide bonds. The predicted molar refractivity (Wildman–Crippen MR) is 72.9 cm³/mol. The van der Waals surface area contributed by atoms with Gasteiger partial charge in [-0.3, -0.25) is 0 Å². The summed E-state index contributed by atoms with van der Waals surface area (Å²) in [6.45, 7) is 2.58. The van der Waals surface area contributed by atoms with Crippen molar-refractivity contribution in [1.82, 2.24) is 19.9 Å². The van der Waals surface area contributed by atoms with Gasteiger partial charge in [0.2, 0.25) is 0 Å². The number of hydrogen-bond acceptors (Lipinski definition) is 5. The standard InChI is InChI=1S/C14H20N4O3/c19-14(21-12-4-6-20-9-12)17-5-3-11(7-17)18-8-13(15-16-18)10-1-2-10/h8,10-12H,1-7,9H2/t11-,12-/m1/s1. The lowest BCUT2D eigenvalue weighted by atomic mass is 10.2. The van der Waals surface area contributed by atoms with Crippen LogP contribution in [0.2, 0.25) is 0 Å². The van der Waals surface area contributed by atoms with Gasteiger partial charge >= 0.3 is 6.09 Å². The third-order valence-corrected chi connectivity index (χ3v) is 4.47. The van der Waals surface area contributed by atoms with Gasteiger partial charge in [-0.2, -0.15) is 0 Å². The van der Waals surface area contributed by atoms with Gasteiger partial charge in [-0.25, -0.2) is 9.48 Å². The van der Waals surface area contributed by atoms with E-state index in [4.69, 9.17) is 9.47 Å². The van der Waals surface area contributed by atoms with E-state index in [1.807, 2.05) is 10.9 Å². The van der Waals surface area contributed by atoms with E-state index >= 15 is 0 Å². The zero-order chi connectivity index (χ0) is 14.2.